The summed E-state index contributed by atoms with van der Waals surface area (Å²) in [6, 6.07) is 0. The van der Waals surface area contributed by atoms with Crippen molar-refractivity contribution in [2.75, 3.05) is 96.8 Å². The van der Waals surface area contributed by atoms with E-state index in [1.807, 2.05) is 18.7 Å². The molecule has 3 heterocycles. The van der Waals surface area contributed by atoms with Crippen LogP contribution in [0.15, 0.2) is 5.11 Å². The third-order valence-electron chi connectivity index (χ3n) is 11.9. The van der Waals surface area contributed by atoms with E-state index in [-0.39, 0.29) is 56.3 Å². The van der Waals surface area contributed by atoms with Crippen molar-refractivity contribution in [3.8, 4) is 131 Å². The average Bonchev–Trinajstić information content (AvgIpc) is 1.81. The van der Waals surface area contributed by atoms with Gasteiger partial charge in [0, 0.05) is 147 Å². The number of nitrogens with one attached hydrogen (secondary N) is 1. The van der Waals surface area contributed by atoms with Gasteiger partial charge in [0.05, 0.1) is 6.61 Å². The van der Waals surface area contributed by atoms with Crippen LogP contribution in [0.5, 0.6) is 0 Å². The second-order valence-corrected chi connectivity index (χ2v) is 21.9. The van der Waals surface area contributed by atoms with Crippen molar-refractivity contribution >= 4 is 82.9 Å². The quantitative estimate of drug-likeness (QED) is 0.00457. The summed E-state index contributed by atoms with van der Waals surface area (Å²) in [4.78, 5) is 112. The van der Waals surface area contributed by atoms with Gasteiger partial charge >= 0.3 is 25.5 Å². The van der Waals surface area contributed by atoms with E-state index in [2.05, 4.69) is 218 Å². The lowest BCUT2D eigenvalue weighted by Gasteiger charge is -2.37. The molecule has 30 nitrogen and oxygen atoms in total. The lowest BCUT2D eigenvalue weighted by atomic mass is 10.1. The van der Waals surface area contributed by atoms with Gasteiger partial charge in [0.25, 0.3) is 18.3 Å². The van der Waals surface area contributed by atoms with Crippen molar-refractivity contribution in [2.45, 2.75) is 150 Å². The van der Waals surface area contributed by atoms with Crippen molar-refractivity contribution in [3.05, 3.63) is 10.4 Å². The molecule has 8 N–H and O–H groups in total. The summed E-state index contributed by atoms with van der Waals surface area (Å²) in [5.74, 6) is 49.5. The van der Waals surface area contributed by atoms with Crippen LogP contribution in [0.25, 0.3) is 10.4 Å². The number of aliphatic carboxylic acids is 1. The van der Waals surface area contributed by atoms with Crippen molar-refractivity contribution in [1.29, 1.82) is 0 Å². The molecule has 3 amide bonds. The van der Waals surface area contributed by atoms with Gasteiger partial charge < -0.3 is 50.5 Å². The van der Waals surface area contributed by atoms with Gasteiger partial charge in [-0.2, -0.15) is 11.5 Å². The van der Waals surface area contributed by atoms with Crippen LogP contribution >= 0.6 is 33.0 Å². The lowest BCUT2D eigenvalue weighted by Crippen LogP contribution is -2.49. The van der Waals surface area contributed by atoms with Gasteiger partial charge in [0.1, 0.15) is 6.29 Å². The fraction of sp³-hybridized carbons (Fsp3) is 0.567. The van der Waals surface area contributed by atoms with Gasteiger partial charge in [-0.15, -0.1) is 11.5 Å². The molecule has 3 rings (SSSR count). The number of imide groups is 1. The Kier molecular flexibility index (Phi) is 77.6. The highest BCUT2D eigenvalue weighted by Gasteiger charge is 2.32. The molecule has 0 aromatic carbocycles. The number of hydrogen-bond acceptors (Lipinski definition) is 23. The largest absolute Gasteiger partial charge is 0.481 e. The van der Waals surface area contributed by atoms with E-state index in [0.717, 1.165) is 130 Å². The van der Waals surface area contributed by atoms with E-state index in [0.29, 0.717) is 63.5 Å². The van der Waals surface area contributed by atoms with Crippen molar-refractivity contribution in [1.82, 2.24) is 36.1 Å². The van der Waals surface area contributed by atoms with Crippen LogP contribution < -0.4 is 11.5 Å². The van der Waals surface area contributed by atoms with E-state index in [9.17, 15) is 47.9 Å². The number of esters is 1. The molecule has 34 heteroatoms. The van der Waals surface area contributed by atoms with Crippen LogP contribution in [-0.4, -0.2) is 198 Å². The van der Waals surface area contributed by atoms with Crippen molar-refractivity contribution in [3.63, 3.8) is 0 Å². The molecule has 4 atom stereocenters. The number of carboxylic acids is 1. The number of nitrogens with zero attached hydrogens (tertiary/aromatic N) is 8. The third-order valence-corrected chi connectivity index (χ3v) is 13.3. The van der Waals surface area contributed by atoms with Crippen LogP contribution in [0, 0.1) is 131 Å². The fourth-order valence-electron chi connectivity index (χ4n) is 7.52. The third kappa shape index (κ3) is 72.7. The maximum absolute atomic E-state index is 11.8. The Morgan fingerprint density at radius 3 is 1.66 bits per heavy atom. The van der Waals surface area contributed by atoms with E-state index in [4.69, 9.17) is 27.1 Å². The van der Waals surface area contributed by atoms with E-state index >= 15 is 0 Å². The topological polar surface area (TPSA) is 403 Å². The number of amides is 3. The smallest absolute Gasteiger partial charge is 0.339 e. The molecule has 0 saturated carbocycles. The molecule has 101 heavy (non-hydrogen) atoms. The molecule has 3 aliphatic rings. The van der Waals surface area contributed by atoms with Crippen LogP contribution in [0.2, 0.25) is 6.82 Å². The predicted molar refractivity (Wildman–Crippen MR) is 388 cm³/mol. The lowest BCUT2D eigenvalue weighted by molar-refractivity contribution is -0.740. The molecule has 3 saturated heterocycles. The number of hydroxylamine groups is 2. The monoisotopic (exact) mass is 1510 g/mol. The first kappa shape index (κ1) is 101. The number of fused-ring (bicyclic) bond motifs is 3. The number of azide groups is 1. The number of carbonyl (C=O) groups is 7. The number of terminal acetylenes is 1. The number of alkyl halides is 1. The summed E-state index contributed by atoms with van der Waals surface area (Å²) in [5.41, 5.74) is 7.98. The molecule has 554 valence electrons. The van der Waals surface area contributed by atoms with E-state index in [1.165, 1.54) is 0 Å². The number of ether oxygens (including phenoxy) is 2. The molecule has 0 radical (unpaired) electrons. The molecule has 3 fully saturated rings. The molecular formula is C67H95BBrN10O20P2-. The Bertz CT molecular complexity index is 3200. The minimum atomic E-state index is -4.07. The number of unbranched alkanes of at least 4 members (excludes halogenated alkanes) is 3. The zero-order valence-corrected chi connectivity index (χ0v) is 61.0. The Morgan fingerprint density at radius 1 is 0.703 bits per heavy atom. The van der Waals surface area contributed by atoms with Crippen LogP contribution in [-0.2, 0) is 77.3 Å². The van der Waals surface area contributed by atoms with Crippen LogP contribution in [0.3, 0.4) is 0 Å². The first-order valence-electron chi connectivity index (χ1n) is 30.7. The summed E-state index contributed by atoms with van der Waals surface area (Å²) in [6.45, 7) is 19.9. The highest BCUT2D eigenvalue weighted by molar-refractivity contribution is 9.09. The second kappa shape index (κ2) is 77.4. The Morgan fingerprint density at radius 2 is 1.21 bits per heavy atom. The minimum Gasteiger partial charge on any atom is -0.481 e. The van der Waals surface area contributed by atoms with Gasteiger partial charge in [0.15, 0.2) is 6.23 Å². The Labute approximate surface area is 606 Å². The molecule has 0 spiro atoms. The number of carbonyl (C=O) groups excluding carboxylic acids is 6. The highest BCUT2D eigenvalue weighted by Crippen LogP contribution is 2.35. The Balaban J connectivity index is -0.000000405. The molecule has 0 aromatic heterocycles. The molecule has 2 bridgehead atoms. The zero-order chi connectivity index (χ0) is 75.4. The first-order valence-corrected chi connectivity index (χ1v) is 34.1. The zero-order valence-electron chi connectivity index (χ0n) is 57.4. The summed E-state index contributed by atoms with van der Waals surface area (Å²) in [5, 5.41) is 36.0. The second-order valence-electron chi connectivity index (χ2n) is 19.3. The maximum Gasteiger partial charge on any atom is 0.339 e. The van der Waals surface area contributed by atoms with Gasteiger partial charge in [-0.3, -0.25) is 43.1 Å². The molecule has 0 aliphatic carbocycles. The molecular weight excluding hydrogens is 1420 g/mol. The van der Waals surface area contributed by atoms with Gasteiger partial charge in [-0.05, 0) is 205 Å². The first-order chi connectivity index (χ1) is 48.4. The standard InChI is InChI=1S/C24H48N5O6P.C23H4.C8H10N4O4.C6H11BrO2.C5H10O2.CH6B.H3N.H3O6P/c1-2-3-8-23(31)25-10-5-4-9-24(35-22-30)29-14-7-12-26-15-16-27(19-20-29)11-6-13-28(18-17-26)21-36(32,33)34;1-3-5-7-9-11-13-15-17-19-21-23-22-20-18-16-14-12-10-8-6-4-2;9-11-10-5-1-2-8(15)16-12-6(13)3-4-7(12)14;1-2-9-6(8)4-3-5-7;1-2-3-4-5(6)7;1-2;;1-2-3-4-5-6-7/h22,24H,2-21H2,1H3,(H,25,31)(H2,32,33,34);1H,2H3;1-5H2;2-5H2,1H3;2-4H2,1H3,(H,6,7);1-2H3;1H3;1H,7H2/q;;;;;-1;;. The maximum atomic E-state index is 11.8. The summed E-state index contributed by atoms with van der Waals surface area (Å²) >= 11 is 3.22. The number of carboxylic acid groups (broad SMARTS) is 1. The van der Waals surface area contributed by atoms with Gasteiger partial charge in [-0.25, -0.2) is 10.1 Å². The van der Waals surface area contributed by atoms with Crippen LogP contribution in [0.1, 0.15) is 137 Å². The minimum absolute atomic E-state index is 0. The summed E-state index contributed by atoms with van der Waals surface area (Å²) in [6.07, 6.45) is 15.2. The number of hydrogen-bond donors (Lipinski definition) is 6. The molecule has 4 unspecified atom stereocenters. The Hall–Kier alpha value is -8.36. The van der Waals surface area contributed by atoms with Gasteiger partial charge in [-0.1, -0.05) is 61.5 Å². The predicted octanol–water partition coefficient (Wildman–Crippen LogP) is 5.01. The molecule has 3 aliphatic heterocycles. The normalized spacial score (nSPS) is 13.9. The number of halogens is 1. The summed E-state index contributed by atoms with van der Waals surface area (Å²) < 4.78 is 25.5. The van der Waals surface area contributed by atoms with Crippen LogP contribution in [0.4, 0.5) is 0 Å². The van der Waals surface area contributed by atoms with E-state index in [1.54, 1.807) is 16.4 Å². The average molecular weight is 1510 g/mol. The summed E-state index contributed by atoms with van der Waals surface area (Å²) in [7, 11) is -1.64. The van der Waals surface area contributed by atoms with Gasteiger partial charge in [0.2, 0.25) is 5.91 Å². The molecule has 0 aromatic rings. The van der Waals surface area contributed by atoms with Crippen molar-refractivity contribution in [2.24, 2.45) is 5.11 Å². The number of rotatable bonds is 29. The van der Waals surface area contributed by atoms with E-state index < -0.39 is 31.3 Å². The fourth-order valence-corrected chi connectivity index (χ4v) is 8.64. The SMILES string of the molecule is C#CC#CC#CC#CC#CC#CC#CC#CC#CC#CC#CC.CCCCC(=O)NCCCCC(OC=O)N1CCCN2CCN(CCCN(CP(=O)(O)O)CC2)CC1.CCCCC(=O)O.CCOC(=O)CCCBr.N.OOOOOOP.[BH3-]C.[N-]=[N+]=NCCCC(=O)ON1C(=O)CCC1=O. The highest BCUT2D eigenvalue weighted by atomic mass is 79.9. The van der Waals surface area contributed by atoms with Crippen molar-refractivity contribution < 1.29 is 97.4 Å².